The first kappa shape index (κ1) is 15.1. The van der Waals surface area contributed by atoms with Crippen molar-refractivity contribution in [3.8, 4) is 0 Å². The molecule has 3 aromatic rings. The van der Waals surface area contributed by atoms with Crippen molar-refractivity contribution in [1.82, 2.24) is 4.98 Å². The lowest BCUT2D eigenvalue weighted by Gasteiger charge is -2.10. The molecule has 0 bridgehead atoms. The molecule has 1 unspecified atom stereocenters. The summed E-state index contributed by atoms with van der Waals surface area (Å²) < 4.78 is 6.54. The summed E-state index contributed by atoms with van der Waals surface area (Å²) in [4.78, 5) is 16.6. The second kappa shape index (κ2) is 6.54. The first-order valence-corrected chi connectivity index (χ1v) is 8.38. The molecule has 22 heavy (non-hydrogen) atoms. The Hall–Kier alpha value is -1.79. The Morgan fingerprint density at radius 2 is 2.09 bits per heavy atom. The van der Waals surface area contributed by atoms with Gasteiger partial charge in [0.25, 0.3) is 5.22 Å². The number of hydrogen-bond donors (Lipinski definition) is 1. The molecule has 0 radical (unpaired) electrons. The molecule has 1 atom stereocenters. The predicted molar refractivity (Wildman–Crippen MR) is 92.1 cm³/mol. The number of amides is 1. The smallest absolute Gasteiger partial charge is 0.257 e. The number of anilines is 1. The van der Waals surface area contributed by atoms with Crippen LogP contribution in [0.4, 0.5) is 5.69 Å². The summed E-state index contributed by atoms with van der Waals surface area (Å²) in [5.74, 6) is -0.0923. The van der Waals surface area contributed by atoms with E-state index in [0.717, 1.165) is 21.3 Å². The molecule has 0 saturated heterocycles. The zero-order chi connectivity index (χ0) is 15.5. The highest BCUT2D eigenvalue weighted by Crippen LogP contribution is 2.27. The van der Waals surface area contributed by atoms with Crippen LogP contribution in [0.2, 0.25) is 0 Å². The van der Waals surface area contributed by atoms with Gasteiger partial charge < -0.3 is 9.73 Å². The molecular weight excluding hydrogens is 364 g/mol. The van der Waals surface area contributed by atoms with Crippen LogP contribution in [0.1, 0.15) is 6.92 Å². The molecule has 0 aliphatic rings. The van der Waals surface area contributed by atoms with E-state index in [9.17, 15) is 4.79 Å². The molecular formula is C16H13BrN2O2S. The third-order valence-corrected chi connectivity index (χ3v) is 4.45. The van der Waals surface area contributed by atoms with Crippen molar-refractivity contribution in [3.05, 3.63) is 53.0 Å². The van der Waals surface area contributed by atoms with E-state index in [1.807, 2.05) is 55.5 Å². The number of hydrogen-bond acceptors (Lipinski definition) is 4. The normalized spacial score (nSPS) is 12.3. The van der Waals surface area contributed by atoms with Crippen molar-refractivity contribution < 1.29 is 9.21 Å². The molecule has 1 heterocycles. The summed E-state index contributed by atoms with van der Waals surface area (Å²) in [6, 6.07) is 15.0. The number of rotatable bonds is 4. The van der Waals surface area contributed by atoms with Crippen molar-refractivity contribution in [1.29, 1.82) is 0 Å². The lowest BCUT2D eigenvalue weighted by Crippen LogP contribution is -2.22. The molecule has 1 N–H and O–H groups in total. The van der Waals surface area contributed by atoms with Gasteiger partial charge in [-0.2, -0.15) is 0 Å². The van der Waals surface area contributed by atoms with Gasteiger partial charge >= 0.3 is 0 Å². The molecule has 4 nitrogen and oxygen atoms in total. The number of carbonyl (C=O) groups is 1. The van der Waals surface area contributed by atoms with Gasteiger partial charge in [0.1, 0.15) is 5.52 Å². The minimum Gasteiger partial charge on any atom is -0.431 e. The first-order chi connectivity index (χ1) is 10.6. The SMILES string of the molecule is CC(Sc1nc2ccccc2o1)C(=O)Nc1cccc(Br)c1. The Balaban J connectivity index is 1.68. The van der Waals surface area contributed by atoms with E-state index in [1.165, 1.54) is 11.8 Å². The van der Waals surface area contributed by atoms with E-state index < -0.39 is 0 Å². The summed E-state index contributed by atoms with van der Waals surface area (Å²) in [5.41, 5.74) is 2.28. The minimum atomic E-state index is -0.313. The van der Waals surface area contributed by atoms with Gasteiger partial charge in [-0.3, -0.25) is 4.79 Å². The monoisotopic (exact) mass is 376 g/mol. The Morgan fingerprint density at radius 1 is 1.27 bits per heavy atom. The zero-order valence-corrected chi connectivity index (χ0v) is 14.1. The maximum atomic E-state index is 12.2. The maximum absolute atomic E-state index is 12.2. The standard InChI is InChI=1S/C16H13BrN2O2S/c1-10(15(20)18-12-6-4-5-11(17)9-12)22-16-19-13-7-2-3-8-14(13)21-16/h2-10H,1H3,(H,18,20). The fourth-order valence-corrected chi connectivity index (χ4v) is 3.07. The fourth-order valence-electron chi connectivity index (χ4n) is 1.92. The van der Waals surface area contributed by atoms with E-state index >= 15 is 0 Å². The van der Waals surface area contributed by atoms with Crippen LogP contribution in [0.3, 0.4) is 0 Å². The highest BCUT2D eigenvalue weighted by atomic mass is 79.9. The van der Waals surface area contributed by atoms with Gasteiger partial charge in [-0.1, -0.05) is 45.9 Å². The van der Waals surface area contributed by atoms with Crippen LogP contribution < -0.4 is 5.32 Å². The summed E-state index contributed by atoms with van der Waals surface area (Å²) in [7, 11) is 0. The number of thioether (sulfide) groups is 1. The fraction of sp³-hybridized carbons (Fsp3) is 0.125. The second-order valence-corrected chi connectivity index (χ2v) is 6.91. The lowest BCUT2D eigenvalue weighted by atomic mass is 10.3. The Kier molecular flexibility index (Phi) is 4.49. The number of halogens is 1. The molecule has 6 heteroatoms. The lowest BCUT2D eigenvalue weighted by molar-refractivity contribution is -0.115. The number of oxazole rings is 1. The van der Waals surface area contributed by atoms with Crippen LogP contribution in [0.15, 0.2) is 62.6 Å². The van der Waals surface area contributed by atoms with Gasteiger partial charge in [0.15, 0.2) is 5.58 Å². The molecule has 0 saturated carbocycles. The van der Waals surface area contributed by atoms with E-state index in [1.54, 1.807) is 0 Å². The zero-order valence-electron chi connectivity index (χ0n) is 11.7. The molecule has 0 aliphatic carbocycles. The highest BCUT2D eigenvalue weighted by molar-refractivity contribution is 9.10. The van der Waals surface area contributed by atoms with Gasteiger partial charge in [0, 0.05) is 10.2 Å². The van der Waals surface area contributed by atoms with Gasteiger partial charge in [0.05, 0.1) is 5.25 Å². The van der Waals surface area contributed by atoms with Crippen LogP contribution in [-0.2, 0) is 4.79 Å². The molecule has 3 rings (SSSR count). The second-order valence-electron chi connectivity index (χ2n) is 4.71. The van der Waals surface area contributed by atoms with Crippen LogP contribution in [-0.4, -0.2) is 16.1 Å². The number of aromatic nitrogens is 1. The molecule has 2 aromatic carbocycles. The van der Waals surface area contributed by atoms with Crippen LogP contribution in [0.5, 0.6) is 0 Å². The van der Waals surface area contributed by atoms with Crippen molar-refractivity contribution >= 4 is 50.4 Å². The first-order valence-electron chi connectivity index (χ1n) is 6.70. The van der Waals surface area contributed by atoms with Crippen molar-refractivity contribution in [3.63, 3.8) is 0 Å². The highest BCUT2D eigenvalue weighted by Gasteiger charge is 2.18. The topological polar surface area (TPSA) is 55.1 Å². The molecule has 0 fully saturated rings. The Labute approximate surface area is 140 Å². The van der Waals surface area contributed by atoms with Gasteiger partial charge in [0.2, 0.25) is 5.91 Å². The Morgan fingerprint density at radius 3 is 2.86 bits per heavy atom. The number of benzene rings is 2. The molecule has 1 amide bonds. The Bertz CT molecular complexity index is 786. The van der Waals surface area contributed by atoms with E-state index in [-0.39, 0.29) is 11.2 Å². The van der Waals surface area contributed by atoms with Crippen molar-refractivity contribution in [2.24, 2.45) is 0 Å². The number of nitrogens with one attached hydrogen (secondary N) is 1. The average molecular weight is 377 g/mol. The molecule has 0 spiro atoms. The van der Waals surface area contributed by atoms with Crippen LogP contribution in [0.25, 0.3) is 11.1 Å². The predicted octanol–water partition coefficient (Wildman–Crippen LogP) is 4.71. The van der Waals surface area contributed by atoms with Crippen molar-refractivity contribution in [2.45, 2.75) is 17.4 Å². The quantitative estimate of drug-likeness (QED) is 0.669. The largest absolute Gasteiger partial charge is 0.431 e. The number of nitrogens with zero attached hydrogens (tertiary/aromatic N) is 1. The van der Waals surface area contributed by atoms with Gasteiger partial charge in [-0.05, 0) is 37.3 Å². The van der Waals surface area contributed by atoms with Gasteiger partial charge in [-0.15, -0.1) is 0 Å². The maximum Gasteiger partial charge on any atom is 0.257 e. The third-order valence-electron chi connectivity index (χ3n) is 3.01. The van der Waals surface area contributed by atoms with E-state index in [2.05, 4.69) is 26.2 Å². The van der Waals surface area contributed by atoms with Crippen molar-refractivity contribution in [2.75, 3.05) is 5.32 Å². The number of carbonyl (C=O) groups excluding carboxylic acids is 1. The average Bonchev–Trinajstić information content (AvgIpc) is 2.89. The van der Waals surface area contributed by atoms with Gasteiger partial charge in [-0.25, -0.2) is 4.98 Å². The molecule has 0 aliphatic heterocycles. The number of para-hydroxylation sites is 2. The molecule has 1 aromatic heterocycles. The summed E-state index contributed by atoms with van der Waals surface area (Å²) >= 11 is 4.68. The third kappa shape index (κ3) is 3.51. The van der Waals surface area contributed by atoms with E-state index in [0.29, 0.717) is 5.22 Å². The molecule has 112 valence electrons. The minimum absolute atomic E-state index is 0.0923. The van der Waals surface area contributed by atoms with Crippen LogP contribution >= 0.6 is 27.7 Å². The summed E-state index contributed by atoms with van der Waals surface area (Å²) in [6.45, 7) is 1.83. The van der Waals surface area contributed by atoms with Crippen LogP contribution in [0, 0.1) is 0 Å². The van der Waals surface area contributed by atoms with E-state index in [4.69, 9.17) is 4.42 Å². The number of fused-ring (bicyclic) bond motifs is 1. The summed E-state index contributed by atoms with van der Waals surface area (Å²) in [5, 5.41) is 3.06. The summed E-state index contributed by atoms with van der Waals surface area (Å²) in [6.07, 6.45) is 0.